The van der Waals surface area contributed by atoms with Crippen molar-refractivity contribution >= 4 is 12.0 Å². The minimum atomic E-state index is -0.503. The Labute approximate surface area is 119 Å². The van der Waals surface area contributed by atoms with E-state index in [0.717, 1.165) is 5.56 Å². The van der Waals surface area contributed by atoms with E-state index in [0.29, 0.717) is 0 Å². The fraction of sp³-hybridized carbons (Fsp3) is 0.467. The lowest BCUT2D eigenvalue weighted by Gasteiger charge is -2.21. The smallest absolute Gasteiger partial charge is 0.407 e. The Bertz CT molecular complexity index is 432. The molecule has 110 valence electrons. The zero-order chi connectivity index (χ0) is 15.0. The first-order valence-corrected chi connectivity index (χ1v) is 6.70. The Morgan fingerprint density at radius 1 is 1.20 bits per heavy atom. The van der Waals surface area contributed by atoms with E-state index < -0.39 is 6.09 Å². The molecule has 0 aromatic heterocycles. The summed E-state index contributed by atoms with van der Waals surface area (Å²) in [6.45, 7) is 4.12. The third-order valence-corrected chi connectivity index (χ3v) is 3.00. The summed E-state index contributed by atoms with van der Waals surface area (Å²) in [6, 6.07) is 9.22. The molecular weight excluding hydrogens is 256 g/mol. The van der Waals surface area contributed by atoms with Crippen LogP contribution in [0.25, 0.3) is 0 Å². The van der Waals surface area contributed by atoms with Crippen LogP contribution < -0.4 is 10.6 Å². The summed E-state index contributed by atoms with van der Waals surface area (Å²) >= 11 is 0. The second-order valence-electron chi connectivity index (χ2n) is 4.93. The van der Waals surface area contributed by atoms with Crippen molar-refractivity contribution in [3.05, 3.63) is 35.9 Å². The van der Waals surface area contributed by atoms with E-state index in [2.05, 4.69) is 10.6 Å². The van der Waals surface area contributed by atoms with Crippen molar-refractivity contribution in [2.75, 3.05) is 7.05 Å². The molecule has 0 heterocycles. The number of alkyl carbamates (subject to hydrolysis) is 1. The lowest BCUT2D eigenvalue weighted by molar-refractivity contribution is -0.121. The first kappa shape index (κ1) is 16.0. The maximum atomic E-state index is 11.7. The van der Waals surface area contributed by atoms with E-state index in [1.54, 1.807) is 7.05 Å². The van der Waals surface area contributed by atoms with Crippen LogP contribution in [-0.4, -0.2) is 25.1 Å². The predicted molar refractivity (Wildman–Crippen MR) is 77.1 cm³/mol. The topological polar surface area (TPSA) is 67.4 Å². The minimum absolute atomic E-state index is 0.105. The van der Waals surface area contributed by atoms with Gasteiger partial charge in [0.25, 0.3) is 0 Å². The van der Waals surface area contributed by atoms with Crippen molar-refractivity contribution in [2.24, 2.45) is 5.92 Å². The summed E-state index contributed by atoms with van der Waals surface area (Å²) < 4.78 is 5.14. The number of carbonyl (C=O) groups excluding carboxylic acids is 2. The summed E-state index contributed by atoms with van der Waals surface area (Å²) in [6.07, 6.45) is -0.259. The van der Waals surface area contributed by atoms with Crippen LogP contribution in [0.4, 0.5) is 4.79 Å². The van der Waals surface area contributed by atoms with Crippen molar-refractivity contribution in [3.63, 3.8) is 0 Å². The standard InChI is InChI=1S/C15H22N2O3/c1-11(2)13(9-14(18)16-3)17-15(19)20-10-12-7-5-4-6-8-12/h4-8,11,13H,9-10H2,1-3H3,(H,16,18)(H,17,19)/t13-/m1/s1. The monoisotopic (exact) mass is 278 g/mol. The fourth-order valence-electron chi connectivity index (χ4n) is 1.67. The number of ether oxygens (including phenoxy) is 1. The summed E-state index contributed by atoms with van der Waals surface area (Å²) in [5, 5.41) is 5.28. The van der Waals surface area contributed by atoms with Crippen LogP contribution in [-0.2, 0) is 16.1 Å². The average Bonchev–Trinajstić information content (AvgIpc) is 2.45. The Kier molecular flexibility index (Phi) is 6.56. The molecule has 2 amide bonds. The number of hydrogen-bond acceptors (Lipinski definition) is 3. The molecule has 0 radical (unpaired) electrons. The van der Waals surface area contributed by atoms with E-state index in [9.17, 15) is 9.59 Å². The van der Waals surface area contributed by atoms with Gasteiger partial charge in [0.15, 0.2) is 0 Å². The largest absolute Gasteiger partial charge is 0.445 e. The van der Waals surface area contributed by atoms with Gasteiger partial charge in [-0.25, -0.2) is 4.79 Å². The van der Waals surface area contributed by atoms with Gasteiger partial charge in [0.1, 0.15) is 6.61 Å². The molecule has 0 spiro atoms. The van der Waals surface area contributed by atoms with Gasteiger partial charge in [-0.05, 0) is 11.5 Å². The van der Waals surface area contributed by atoms with Crippen LogP contribution in [0, 0.1) is 5.92 Å². The molecular formula is C15H22N2O3. The summed E-state index contributed by atoms with van der Waals surface area (Å²) in [4.78, 5) is 23.1. The van der Waals surface area contributed by atoms with E-state index in [-0.39, 0.29) is 30.9 Å². The molecule has 0 aliphatic heterocycles. The van der Waals surface area contributed by atoms with E-state index >= 15 is 0 Å². The average molecular weight is 278 g/mol. The SMILES string of the molecule is CNC(=O)C[C@@H](NC(=O)OCc1ccccc1)C(C)C. The van der Waals surface area contributed by atoms with Crippen molar-refractivity contribution in [1.82, 2.24) is 10.6 Å². The van der Waals surface area contributed by atoms with Crippen molar-refractivity contribution in [2.45, 2.75) is 32.9 Å². The third kappa shape index (κ3) is 5.73. The van der Waals surface area contributed by atoms with Crippen molar-refractivity contribution in [3.8, 4) is 0 Å². The highest BCUT2D eigenvalue weighted by molar-refractivity contribution is 5.77. The molecule has 0 fully saturated rings. The molecule has 20 heavy (non-hydrogen) atoms. The molecule has 5 heteroatoms. The number of benzene rings is 1. The third-order valence-electron chi connectivity index (χ3n) is 3.00. The van der Waals surface area contributed by atoms with Crippen LogP contribution in [0.3, 0.4) is 0 Å². The maximum absolute atomic E-state index is 11.7. The fourth-order valence-corrected chi connectivity index (χ4v) is 1.67. The Balaban J connectivity index is 2.44. The molecule has 1 aromatic rings. The second kappa shape index (κ2) is 8.19. The highest BCUT2D eigenvalue weighted by Gasteiger charge is 2.19. The van der Waals surface area contributed by atoms with Gasteiger partial charge in [-0.2, -0.15) is 0 Å². The second-order valence-corrected chi connectivity index (χ2v) is 4.93. The minimum Gasteiger partial charge on any atom is -0.445 e. The van der Waals surface area contributed by atoms with Crippen LogP contribution in [0.1, 0.15) is 25.8 Å². The van der Waals surface area contributed by atoms with Crippen LogP contribution in [0.15, 0.2) is 30.3 Å². The van der Waals surface area contributed by atoms with E-state index in [4.69, 9.17) is 4.74 Å². The lowest BCUT2D eigenvalue weighted by Crippen LogP contribution is -2.42. The van der Waals surface area contributed by atoms with Crippen LogP contribution >= 0.6 is 0 Å². The van der Waals surface area contributed by atoms with Gasteiger partial charge >= 0.3 is 6.09 Å². The summed E-state index contributed by atoms with van der Waals surface area (Å²) in [5.41, 5.74) is 0.926. The van der Waals surface area contributed by atoms with Crippen LogP contribution in [0.5, 0.6) is 0 Å². The molecule has 2 N–H and O–H groups in total. The Morgan fingerprint density at radius 3 is 2.40 bits per heavy atom. The van der Waals surface area contributed by atoms with Gasteiger partial charge in [-0.15, -0.1) is 0 Å². The predicted octanol–water partition coefficient (Wildman–Crippen LogP) is 2.07. The van der Waals surface area contributed by atoms with Crippen LogP contribution in [0.2, 0.25) is 0 Å². The molecule has 0 saturated heterocycles. The van der Waals surface area contributed by atoms with Gasteiger partial charge in [0, 0.05) is 19.5 Å². The number of nitrogens with one attached hydrogen (secondary N) is 2. The first-order valence-electron chi connectivity index (χ1n) is 6.70. The van der Waals surface area contributed by atoms with Gasteiger partial charge < -0.3 is 15.4 Å². The number of amides is 2. The molecule has 0 bridgehead atoms. The molecule has 1 aromatic carbocycles. The molecule has 0 aliphatic rings. The van der Waals surface area contributed by atoms with E-state index in [1.807, 2.05) is 44.2 Å². The van der Waals surface area contributed by atoms with Crippen molar-refractivity contribution in [1.29, 1.82) is 0 Å². The summed E-state index contributed by atoms with van der Waals surface area (Å²) in [7, 11) is 1.58. The Hall–Kier alpha value is -2.04. The number of carbonyl (C=O) groups is 2. The quantitative estimate of drug-likeness (QED) is 0.837. The maximum Gasteiger partial charge on any atom is 0.407 e. The number of rotatable bonds is 6. The molecule has 0 unspecified atom stereocenters. The van der Waals surface area contributed by atoms with Gasteiger partial charge in [0.2, 0.25) is 5.91 Å². The molecule has 5 nitrogen and oxygen atoms in total. The van der Waals surface area contributed by atoms with Gasteiger partial charge in [0.05, 0.1) is 0 Å². The Morgan fingerprint density at radius 2 is 1.85 bits per heavy atom. The van der Waals surface area contributed by atoms with E-state index in [1.165, 1.54) is 0 Å². The zero-order valence-corrected chi connectivity index (χ0v) is 12.2. The first-order chi connectivity index (χ1) is 9.52. The highest BCUT2D eigenvalue weighted by Crippen LogP contribution is 2.07. The highest BCUT2D eigenvalue weighted by atomic mass is 16.5. The molecule has 1 atom stereocenters. The normalized spacial score (nSPS) is 11.8. The molecule has 0 aliphatic carbocycles. The number of hydrogen-bond donors (Lipinski definition) is 2. The lowest BCUT2D eigenvalue weighted by atomic mass is 10.0. The zero-order valence-electron chi connectivity index (χ0n) is 12.2. The molecule has 0 saturated carbocycles. The van der Waals surface area contributed by atoms with Gasteiger partial charge in [-0.3, -0.25) is 4.79 Å². The molecule has 1 rings (SSSR count). The van der Waals surface area contributed by atoms with Crippen molar-refractivity contribution < 1.29 is 14.3 Å². The van der Waals surface area contributed by atoms with Gasteiger partial charge in [-0.1, -0.05) is 44.2 Å². The summed E-state index contributed by atoms with van der Waals surface area (Å²) in [5.74, 6) is 0.0450.